The second-order valence-electron chi connectivity index (χ2n) is 5.65. The van der Waals surface area contributed by atoms with Gasteiger partial charge in [-0.1, -0.05) is 26.0 Å². The second kappa shape index (κ2) is 7.37. The summed E-state index contributed by atoms with van der Waals surface area (Å²) in [6, 6.07) is 6.49. The summed E-state index contributed by atoms with van der Waals surface area (Å²) in [5.41, 5.74) is 1.10. The monoisotopic (exact) mass is 319 g/mol. The molecule has 0 radical (unpaired) electrons. The van der Waals surface area contributed by atoms with Gasteiger partial charge in [0.05, 0.1) is 17.3 Å². The van der Waals surface area contributed by atoms with Crippen molar-refractivity contribution in [2.45, 2.75) is 33.2 Å². The minimum absolute atomic E-state index is 0.319. The Morgan fingerprint density at radius 3 is 2.65 bits per heavy atom. The lowest BCUT2D eigenvalue weighted by Crippen LogP contribution is -2.40. The molecule has 0 saturated heterocycles. The minimum atomic E-state index is -0.795. The smallest absolute Gasteiger partial charge is 0.310 e. The highest BCUT2D eigenvalue weighted by Crippen LogP contribution is 2.27. The van der Waals surface area contributed by atoms with E-state index in [2.05, 4.69) is 15.5 Å². The molecule has 1 heterocycles. The Labute approximate surface area is 134 Å². The van der Waals surface area contributed by atoms with Gasteiger partial charge in [-0.15, -0.1) is 0 Å². The number of aromatic amines is 1. The van der Waals surface area contributed by atoms with Gasteiger partial charge >= 0.3 is 5.97 Å². The number of carboxylic acid groups (broad SMARTS) is 1. The van der Waals surface area contributed by atoms with Gasteiger partial charge < -0.3 is 10.4 Å². The number of benzene rings is 1. The Morgan fingerprint density at radius 2 is 2.04 bits per heavy atom. The van der Waals surface area contributed by atoms with Crippen LogP contribution in [0.25, 0.3) is 11.3 Å². The molecule has 23 heavy (non-hydrogen) atoms. The number of carbonyl (C=O) groups is 1. The number of hydrogen-bond acceptors (Lipinski definition) is 3. The average molecular weight is 319 g/mol. The maximum atomic E-state index is 13.9. The van der Waals surface area contributed by atoms with Gasteiger partial charge in [-0.3, -0.25) is 9.89 Å². The predicted octanol–water partition coefficient (Wildman–Crippen LogP) is 3.20. The van der Waals surface area contributed by atoms with Crippen LogP contribution in [0.1, 0.15) is 32.3 Å². The van der Waals surface area contributed by atoms with Crippen LogP contribution in [0.5, 0.6) is 0 Å². The van der Waals surface area contributed by atoms with E-state index in [1.807, 2.05) is 13.8 Å². The lowest BCUT2D eigenvalue weighted by molar-refractivity contribution is -0.149. The van der Waals surface area contributed by atoms with Crippen molar-refractivity contribution in [1.29, 1.82) is 0 Å². The molecule has 0 aliphatic rings. The summed E-state index contributed by atoms with van der Waals surface area (Å²) < 4.78 is 13.9. The number of rotatable bonds is 8. The van der Waals surface area contributed by atoms with Crippen molar-refractivity contribution in [2.75, 3.05) is 6.54 Å². The van der Waals surface area contributed by atoms with E-state index < -0.39 is 11.4 Å². The van der Waals surface area contributed by atoms with E-state index in [-0.39, 0.29) is 5.82 Å². The molecule has 0 spiro atoms. The summed E-state index contributed by atoms with van der Waals surface area (Å²) >= 11 is 0. The van der Waals surface area contributed by atoms with Crippen LogP contribution >= 0.6 is 0 Å². The van der Waals surface area contributed by atoms with E-state index in [0.29, 0.717) is 37.2 Å². The fraction of sp³-hybridized carbons (Fsp3) is 0.412. The number of carboxylic acids is 1. The zero-order valence-electron chi connectivity index (χ0n) is 13.4. The highest BCUT2D eigenvalue weighted by Gasteiger charge is 2.34. The van der Waals surface area contributed by atoms with Crippen LogP contribution in [0, 0.1) is 11.2 Å². The van der Waals surface area contributed by atoms with Crippen molar-refractivity contribution in [2.24, 2.45) is 5.41 Å². The second-order valence-corrected chi connectivity index (χ2v) is 5.65. The zero-order chi connectivity index (χ0) is 16.9. The maximum absolute atomic E-state index is 13.9. The molecule has 124 valence electrons. The van der Waals surface area contributed by atoms with E-state index in [1.54, 1.807) is 24.4 Å². The summed E-state index contributed by atoms with van der Waals surface area (Å²) in [6.07, 6.45) is 2.74. The van der Waals surface area contributed by atoms with Crippen LogP contribution in [0.15, 0.2) is 30.5 Å². The van der Waals surface area contributed by atoms with Crippen LogP contribution in [0.4, 0.5) is 4.39 Å². The molecule has 0 aliphatic carbocycles. The molecule has 5 nitrogen and oxygen atoms in total. The van der Waals surface area contributed by atoms with Gasteiger partial charge in [-0.2, -0.15) is 5.10 Å². The van der Waals surface area contributed by atoms with E-state index in [0.717, 1.165) is 5.56 Å². The molecule has 0 bridgehead atoms. The number of aromatic nitrogens is 2. The molecule has 0 saturated carbocycles. The molecular weight excluding hydrogens is 297 g/mol. The summed E-state index contributed by atoms with van der Waals surface area (Å²) in [5.74, 6) is -1.11. The van der Waals surface area contributed by atoms with Gasteiger partial charge in [0.1, 0.15) is 5.82 Å². The van der Waals surface area contributed by atoms with Gasteiger partial charge in [0, 0.05) is 24.2 Å². The number of aliphatic carboxylic acids is 1. The molecule has 1 aromatic carbocycles. The van der Waals surface area contributed by atoms with Gasteiger partial charge in [-0.05, 0) is 25.0 Å². The Morgan fingerprint density at radius 1 is 1.35 bits per heavy atom. The fourth-order valence-corrected chi connectivity index (χ4v) is 2.66. The number of halogens is 1. The van der Waals surface area contributed by atoms with Gasteiger partial charge in [0.25, 0.3) is 0 Å². The summed E-state index contributed by atoms with van der Waals surface area (Å²) in [5, 5.41) is 19.4. The third kappa shape index (κ3) is 3.59. The van der Waals surface area contributed by atoms with Crippen LogP contribution in [0.2, 0.25) is 0 Å². The maximum Gasteiger partial charge on any atom is 0.310 e. The van der Waals surface area contributed by atoms with E-state index in [9.17, 15) is 14.3 Å². The molecule has 1 aromatic heterocycles. The van der Waals surface area contributed by atoms with Crippen LogP contribution in [-0.2, 0) is 11.3 Å². The molecule has 0 aliphatic heterocycles. The van der Waals surface area contributed by atoms with Crippen molar-refractivity contribution in [3.05, 3.63) is 41.8 Å². The first kappa shape index (κ1) is 17.1. The lowest BCUT2D eigenvalue weighted by Gasteiger charge is -2.27. The van der Waals surface area contributed by atoms with Crippen molar-refractivity contribution >= 4 is 5.97 Å². The standard InChI is InChI=1S/C17H22FN3O2/c1-3-17(4-2,16(22)23)11-19-9-12-10-20-21-15(12)13-7-5-6-8-14(13)18/h5-8,10,19H,3-4,9,11H2,1-2H3,(H,20,21)(H,22,23). The lowest BCUT2D eigenvalue weighted by atomic mass is 9.82. The van der Waals surface area contributed by atoms with Crippen LogP contribution < -0.4 is 5.32 Å². The van der Waals surface area contributed by atoms with E-state index in [4.69, 9.17) is 0 Å². The topological polar surface area (TPSA) is 78.0 Å². The van der Waals surface area contributed by atoms with Crippen molar-refractivity contribution in [1.82, 2.24) is 15.5 Å². The Kier molecular flexibility index (Phi) is 5.50. The normalized spacial score (nSPS) is 11.6. The van der Waals surface area contributed by atoms with Gasteiger partial charge in [0.2, 0.25) is 0 Å². The molecule has 0 atom stereocenters. The molecule has 0 amide bonds. The Hall–Kier alpha value is -2.21. The van der Waals surface area contributed by atoms with Crippen molar-refractivity contribution < 1.29 is 14.3 Å². The highest BCUT2D eigenvalue weighted by atomic mass is 19.1. The molecular formula is C17H22FN3O2. The van der Waals surface area contributed by atoms with Crippen molar-refractivity contribution in [3.63, 3.8) is 0 Å². The first-order chi connectivity index (χ1) is 11.0. The molecule has 6 heteroatoms. The molecule has 0 unspecified atom stereocenters. The first-order valence-electron chi connectivity index (χ1n) is 7.75. The predicted molar refractivity (Wildman–Crippen MR) is 86.3 cm³/mol. The first-order valence-corrected chi connectivity index (χ1v) is 7.75. The number of hydrogen-bond donors (Lipinski definition) is 3. The van der Waals surface area contributed by atoms with E-state index in [1.165, 1.54) is 6.07 Å². The Balaban J connectivity index is 2.10. The SMILES string of the molecule is CCC(CC)(CNCc1cn[nH]c1-c1ccccc1F)C(=O)O. The number of nitrogens with zero attached hydrogens (tertiary/aromatic N) is 1. The van der Waals surface area contributed by atoms with Crippen LogP contribution in [0.3, 0.4) is 0 Å². The fourth-order valence-electron chi connectivity index (χ4n) is 2.66. The minimum Gasteiger partial charge on any atom is -0.481 e. The van der Waals surface area contributed by atoms with Gasteiger partial charge in [0.15, 0.2) is 0 Å². The number of nitrogens with one attached hydrogen (secondary N) is 2. The van der Waals surface area contributed by atoms with Gasteiger partial charge in [-0.25, -0.2) is 4.39 Å². The van der Waals surface area contributed by atoms with Crippen LogP contribution in [-0.4, -0.2) is 27.8 Å². The summed E-state index contributed by atoms with van der Waals surface area (Å²) in [6.45, 7) is 4.54. The summed E-state index contributed by atoms with van der Waals surface area (Å²) in [7, 11) is 0. The molecule has 0 fully saturated rings. The average Bonchev–Trinajstić information content (AvgIpc) is 3.00. The summed E-state index contributed by atoms with van der Waals surface area (Å²) in [4.78, 5) is 11.5. The van der Waals surface area contributed by atoms with E-state index >= 15 is 0 Å². The number of H-pyrrole nitrogens is 1. The molecule has 3 N–H and O–H groups in total. The highest BCUT2D eigenvalue weighted by molar-refractivity contribution is 5.74. The molecule has 2 rings (SSSR count). The quantitative estimate of drug-likeness (QED) is 0.698. The third-order valence-electron chi connectivity index (χ3n) is 4.45. The third-order valence-corrected chi connectivity index (χ3v) is 4.45. The Bertz CT molecular complexity index is 665. The molecule has 2 aromatic rings. The largest absolute Gasteiger partial charge is 0.481 e. The zero-order valence-corrected chi connectivity index (χ0v) is 13.4. The van der Waals surface area contributed by atoms with Crippen molar-refractivity contribution in [3.8, 4) is 11.3 Å².